The number of hydrogen-bond donors (Lipinski definition) is 3. The molecule has 1 unspecified atom stereocenters. The molecular weight excluding hydrogens is 466 g/mol. The van der Waals surface area contributed by atoms with Crippen molar-refractivity contribution in [1.29, 1.82) is 0 Å². The maximum Gasteiger partial charge on any atom is 0.286 e. The number of nitrogens with two attached hydrogens (primary N) is 1. The van der Waals surface area contributed by atoms with Crippen LogP contribution in [0.5, 0.6) is 5.75 Å². The highest BCUT2D eigenvalue weighted by atomic mass is 35.5. The molecule has 1 saturated carbocycles. The minimum atomic E-state index is -0.627. The number of hydrogen-bond acceptors (Lipinski definition) is 10. The quantitative estimate of drug-likeness (QED) is 0.298. The van der Waals surface area contributed by atoms with Gasteiger partial charge in [-0.3, -0.25) is 19.9 Å². The van der Waals surface area contributed by atoms with Gasteiger partial charge in [0.25, 0.3) is 5.24 Å². The van der Waals surface area contributed by atoms with Gasteiger partial charge in [0.1, 0.15) is 16.8 Å². The monoisotopic (exact) mass is 491 g/mol. The van der Waals surface area contributed by atoms with Crippen molar-refractivity contribution in [3.63, 3.8) is 0 Å². The number of carbonyl (C=O) groups excluding carboxylic acids is 2. The summed E-state index contributed by atoms with van der Waals surface area (Å²) < 4.78 is 5.21. The molecule has 176 valence electrons. The highest BCUT2D eigenvalue weighted by molar-refractivity contribution is 8.15. The highest BCUT2D eigenvalue weighted by Crippen LogP contribution is 2.32. The van der Waals surface area contributed by atoms with E-state index < -0.39 is 5.25 Å². The fourth-order valence-electron chi connectivity index (χ4n) is 3.93. The Hall–Kier alpha value is -2.63. The molecule has 2 aliphatic rings. The number of ether oxygens (including phenoxy) is 1. The number of imide groups is 1. The summed E-state index contributed by atoms with van der Waals surface area (Å²) in [6.07, 6.45) is 6.64. The van der Waals surface area contributed by atoms with Crippen LogP contribution >= 0.6 is 23.4 Å². The molecule has 2 heterocycles. The molecule has 12 heteroatoms. The van der Waals surface area contributed by atoms with E-state index in [9.17, 15) is 9.59 Å². The number of anilines is 3. The molecule has 2 aromatic rings. The lowest BCUT2D eigenvalue weighted by molar-refractivity contribution is -0.118. The first kappa shape index (κ1) is 23.5. The van der Waals surface area contributed by atoms with Crippen LogP contribution in [0.1, 0.15) is 50.3 Å². The molecule has 2 amide bonds. The summed E-state index contributed by atoms with van der Waals surface area (Å²) in [7, 11) is 1.55. The summed E-state index contributed by atoms with van der Waals surface area (Å²) >= 11 is 7.16. The van der Waals surface area contributed by atoms with E-state index in [0.717, 1.165) is 37.4 Å². The zero-order valence-corrected chi connectivity index (χ0v) is 19.8. The minimum absolute atomic E-state index is 0.0875. The van der Waals surface area contributed by atoms with E-state index >= 15 is 0 Å². The molecule has 4 N–H and O–H groups in total. The average Bonchev–Trinajstić information content (AvgIpc) is 2.97. The standard InChI is InChI=1S/C21H26ClN7O3S/c1-32-15-9-8-13(10-14(15)22)24-19-25-17(12-6-4-2-3-5-7-12)26-20(28-19)29(23)11-16-18(30)27-21(31)33-16/h8-10,12,16H,2-7,11,23H2,1H3,(H,27,30,31)(H,24,25,26,28). The van der Waals surface area contributed by atoms with Crippen molar-refractivity contribution in [2.45, 2.75) is 49.7 Å². The van der Waals surface area contributed by atoms with Crippen molar-refractivity contribution in [2.24, 2.45) is 5.84 Å². The molecule has 0 bridgehead atoms. The van der Waals surface area contributed by atoms with E-state index in [1.54, 1.807) is 19.2 Å². The molecule has 1 aliphatic heterocycles. The predicted molar refractivity (Wildman–Crippen MR) is 128 cm³/mol. The topological polar surface area (TPSA) is 135 Å². The Bertz CT molecular complexity index is 1030. The van der Waals surface area contributed by atoms with E-state index in [1.807, 2.05) is 6.07 Å². The molecule has 1 aromatic carbocycles. The van der Waals surface area contributed by atoms with Gasteiger partial charge in [-0.25, -0.2) is 5.84 Å². The summed E-state index contributed by atoms with van der Waals surface area (Å²) in [6.45, 7) is 0.0875. The Balaban J connectivity index is 1.62. The fourth-order valence-corrected chi connectivity index (χ4v) is 5.01. The van der Waals surface area contributed by atoms with Crippen molar-refractivity contribution >= 4 is 52.1 Å². The lowest BCUT2D eigenvalue weighted by Gasteiger charge is -2.21. The second kappa shape index (κ2) is 10.5. The van der Waals surface area contributed by atoms with Crippen molar-refractivity contribution in [3.05, 3.63) is 29.0 Å². The van der Waals surface area contributed by atoms with Gasteiger partial charge < -0.3 is 10.1 Å². The number of thioether (sulfide) groups is 1. The number of halogens is 1. The molecule has 0 spiro atoms. The molecule has 1 atom stereocenters. The summed E-state index contributed by atoms with van der Waals surface area (Å²) in [5, 5.41) is 6.18. The number of carbonyl (C=O) groups is 2. The fraction of sp³-hybridized carbons (Fsp3) is 0.476. The number of amides is 2. The first-order valence-electron chi connectivity index (χ1n) is 10.8. The third kappa shape index (κ3) is 5.84. The van der Waals surface area contributed by atoms with Gasteiger partial charge in [-0.2, -0.15) is 15.0 Å². The number of nitrogens with one attached hydrogen (secondary N) is 2. The molecule has 1 saturated heterocycles. The summed E-state index contributed by atoms with van der Waals surface area (Å²) in [5.41, 5.74) is 0.685. The zero-order valence-electron chi connectivity index (χ0n) is 18.2. The van der Waals surface area contributed by atoms with Crippen LogP contribution in [0.2, 0.25) is 5.02 Å². The Morgan fingerprint density at radius 3 is 2.61 bits per heavy atom. The van der Waals surface area contributed by atoms with Crippen LogP contribution in [-0.2, 0) is 4.79 Å². The first-order chi connectivity index (χ1) is 15.9. The Labute approximate surface area is 201 Å². The number of benzene rings is 1. The van der Waals surface area contributed by atoms with Gasteiger partial charge in [-0.05, 0) is 42.8 Å². The average molecular weight is 492 g/mol. The molecule has 0 radical (unpaired) electrons. The maximum atomic E-state index is 12.0. The Kier molecular flexibility index (Phi) is 7.51. The number of nitrogens with zero attached hydrogens (tertiary/aromatic N) is 4. The molecule has 1 aliphatic carbocycles. The second-order valence-electron chi connectivity index (χ2n) is 8.02. The summed E-state index contributed by atoms with van der Waals surface area (Å²) in [6, 6.07) is 5.28. The summed E-state index contributed by atoms with van der Waals surface area (Å²) in [4.78, 5) is 37.3. The van der Waals surface area contributed by atoms with Gasteiger partial charge in [-0.15, -0.1) is 0 Å². The van der Waals surface area contributed by atoms with Crippen LogP contribution in [0.4, 0.5) is 22.4 Å². The largest absolute Gasteiger partial charge is 0.495 e. The van der Waals surface area contributed by atoms with Crippen LogP contribution in [0.25, 0.3) is 0 Å². The zero-order chi connectivity index (χ0) is 23.4. The molecular formula is C21H26ClN7O3S. The number of aromatic nitrogens is 3. The van der Waals surface area contributed by atoms with Crippen molar-refractivity contribution < 1.29 is 14.3 Å². The predicted octanol–water partition coefficient (Wildman–Crippen LogP) is 3.75. The summed E-state index contributed by atoms with van der Waals surface area (Å²) in [5.74, 6) is 7.87. The lowest BCUT2D eigenvalue weighted by atomic mass is 10.00. The van der Waals surface area contributed by atoms with Crippen LogP contribution in [-0.4, -0.2) is 45.0 Å². The van der Waals surface area contributed by atoms with Crippen molar-refractivity contribution in [1.82, 2.24) is 20.3 Å². The Morgan fingerprint density at radius 1 is 1.21 bits per heavy atom. The number of rotatable bonds is 7. The van der Waals surface area contributed by atoms with Crippen LogP contribution < -0.4 is 26.2 Å². The molecule has 2 fully saturated rings. The third-order valence-corrected chi connectivity index (χ3v) is 6.91. The molecule has 1 aromatic heterocycles. The lowest BCUT2D eigenvalue weighted by Crippen LogP contribution is -2.41. The van der Waals surface area contributed by atoms with E-state index in [0.29, 0.717) is 28.2 Å². The normalized spacial score (nSPS) is 19.2. The smallest absolute Gasteiger partial charge is 0.286 e. The van der Waals surface area contributed by atoms with Crippen LogP contribution in [0.3, 0.4) is 0 Å². The van der Waals surface area contributed by atoms with Gasteiger partial charge >= 0.3 is 0 Å². The maximum absolute atomic E-state index is 12.0. The van der Waals surface area contributed by atoms with Crippen LogP contribution in [0.15, 0.2) is 18.2 Å². The first-order valence-corrected chi connectivity index (χ1v) is 12.1. The van der Waals surface area contributed by atoms with E-state index in [1.165, 1.54) is 17.9 Å². The van der Waals surface area contributed by atoms with Gasteiger partial charge in [0.05, 0.1) is 18.7 Å². The minimum Gasteiger partial charge on any atom is -0.495 e. The van der Waals surface area contributed by atoms with Crippen LogP contribution in [0, 0.1) is 0 Å². The van der Waals surface area contributed by atoms with E-state index in [-0.39, 0.29) is 29.6 Å². The SMILES string of the molecule is COc1ccc(Nc2nc(C3CCCCCC3)nc(N(N)CC3SC(=O)NC3=O)n2)cc1Cl. The molecule has 4 rings (SSSR count). The Morgan fingerprint density at radius 2 is 1.97 bits per heavy atom. The molecule has 10 nitrogen and oxygen atoms in total. The van der Waals surface area contributed by atoms with Gasteiger partial charge in [0.15, 0.2) is 0 Å². The van der Waals surface area contributed by atoms with Gasteiger partial charge in [0.2, 0.25) is 17.8 Å². The van der Waals surface area contributed by atoms with Crippen molar-refractivity contribution in [3.8, 4) is 5.75 Å². The third-order valence-electron chi connectivity index (χ3n) is 5.66. The molecule has 33 heavy (non-hydrogen) atoms. The second-order valence-corrected chi connectivity index (χ2v) is 9.60. The van der Waals surface area contributed by atoms with E-state index in [4.69, 9.17) is 22.2 Å². The van der Waals surface area contributed by atoms with Gasteiger partial charge in [-0.1, -0.05) is 37.3 Å². The van der Waals surface area contributed by atoms with E-state index in [2.05, 4.69) is 25.6 Å². The highest BCUT2D eigenvalue weighted by Gasteiger charge is 2.33. The number of hydrazine groups is 1. The number of methoxy groups -OCH3 is 1. The van der Waals surface area contributed by atoms with Crippen molar-refractivity contribution in [2.75, 3.05) is 24.0 Å². The van der Waals surface area contributed by atoms with Gasteiger partial charge in [0, 0.05) is 11.6 Å².